The summed E-state index contributed by atoms with van der Waals surface area (Å²) < 4.78 is 11.1. The van der Waals surface area contributed by atoms with Crippen LogP contribution in [0, 0.1) is 5.92 Å². The van der Waals surface area contributed by atoms with Gasteiger partial charge in [0.2, 0.25) is 0 Å². The number of nitrogens with zero attached hydrogens (tertiary/aromatic N) is 2. The number of rotatable bonds is 9. The summed E-state index contributed by atoms with van der Waals surface area (Å²) in [5.41, 5.74) is 0.0998. The topological polar surface area (TPSA) is 58.1 Å². The van der Waals surface area contributed by atoms with E-state index < -0.39 is 0 Å². The minimum Gasteiger partial charge on any atom is -0.379 e. The van der Waals surface area contributed by atoms with Gasteiger partial charge >= 0.3 is 0 Å². The highest BCUT2D eigenvalue weighted by atomic mass is 127. The number of ether oxygens (including phenoxy) is 2. The number of likely N-dealkylation sites (tertiary alicyclic amines) is 1. The molecule has 160 valence electrons. The highest BCUT2D eigenvalue weighted by molar-refractivity contribution is 14.0. The SMILES string of the molecule is CCNC(=NCC(C)(C)N1CCCC(C)C1)NCCCOC1CCOC1.I. The molecule has 2 unspecified atom stereocenters. The summed E-state index contributed by atoms with van der Waals surface area (Å²) in [4.78, 5) is 7.46. The molecule has 2 heterocycles. The van der Waals surface area contributed by atoms with E-state index in [0.29, 0.717) is 6.10 Å². The number of aliphatic imine (C=N–C) groups is 1. The molecule has 0 aromatic rings. The van der Waals surface area contributed by atoms with Crippen LogP contribution in [0.25, 0.3) is 0 Å². The Morgan fingerprint density at radius 2 is 2.11 bits per heavy atom. The molecule has 27 heavy (non-hydrogen) atoms. The molecule has 0 aromatic carbocycles. The first-order valence-electron chi connectivity index (χ1n) is 10.5. The van der Waals surface area contributed by atoms with Gasteiger partial charge in [0.05, 0.1) is 19.3 Å². The molecule has 2 N–H and O–H groups in total. The lowest BCUT2D eigenvalue weighted by Crippen LogP contribution is -2.51. The Balaban J connectivity index is 0.00000364. The van der Waals surface area contributed by atoms with E-state index in [1.807, 2.05) is 0 Å². The van der Waals surface area contributed by atoms with Gasteiger partial charge in [-0.15, -0.1) is 24.0 Å². The van der Waals surface area contributed by atoms with Crippen LogP contribution in [0.1, 0.15) is 53.4 Å². The van der Waals surface area contributed by atoms with Gasteiger partial charge in [0.25, 0.3) is 0 Å². The summed E-state index contributed by atoms with van der Waals surface area (Å²) in [6.07, 6.45) is 4.97. The first kappa shape index (κ1) is 24.9. The summed E-state index contributed by atoms with van der Waals surface area (Å²) in [5.74, 6) is 1.71. The zero-order chi connectivity index (χ0) is 18.8. The van der Waals surface area contributed by atoms with Crippen molar-refractivity contribution < 1.29 is 9.47 Å². The number of hydrogen-bond donors (Lipinski definition) is 2. The molecule has 2 saturated heterocycles. The van der Waals surface area contributed by atoms with E-state index in [0.717, 1.165) is 64.2 Å². The van der Waals surface area contributed by atoms with Crippen LogP contribution in [0.2, 0.25) is 0 Å². The van der Waals surface area contributed by atoms with Gasteiger partial charge in [-0.3, -0.25) is 9.89 Å². The Hall–Kier alpha value is -0.120. The van der Waals surface area contributed by atoms with E-state index in [2.05, 4.69) is 43.2 Å². The van der Waals surface area contributed by atoms with Crippen LogP contribution >= 0.6 is 24.0 Å². The standard InChI is InChI=1S/C20H40N4O2.HI/c1-5-21-19(22-10-7-12-26-18-9-13-25-15-18)23-16-20(3,4)24-11-6-8-17(2)14-24;/h17-18H,5-16H2,1-4H3,(H2,21,22,23);1H. The maximum atomic E-state index is 5.82. The van der Waals surface area contributed by atoms with Crippen LogP contribution in [0.3, 0.4) is 0 Å². The zero-order valence-electron chi connectivity index (χ0n) is 17.8. The molecule has 0 saturated carbocycles. The second-order valence-electron chi connectivity index (χ2n) is 8.34. The fourth-order valence-electron chi connectivity index (χ4n) is 3.63. The molecular weight excluding hydrogens is 455 g/mol. The lowest BCUT2D eigenvalue weighted by Gasteiger charge is -2.42. The van der Waals surface area contributed by atoms with Crippen LogP contribution in [0.5, 0.6) is 0 Å². The molecule has 6 nitrogen and oxygen atoms in total. The van der Waals surface area contributed by atoms with Gasteiger partial charge in [-0.25, -0.2) is 0 Å². The summed E-state index contributed by atoms with van der Waals surface area (Å²) in [5, 5.41) is 6.80. The van der Waals surface area contributed by atoms with Gasteiger partial charge in [0.1, 0.15) is 0 Å². The fourth-order valence-corrected chi connectivity index (χ4v) is 3.63. The molecular formula is C20H41IN4O2. The van der Waals surface area contributed by atoms with E-state index in [9.17, 15) is 0 Å². The van der Waals surface area contributed by atoms with Gasteiger partial charge in [0.15, 0.2) is 5.96 Å². The number of guanidine groups is 1. The summed E-state index contributed by atoms with van der Waals surface area (Å²) >= 11 is 0. The third-order valence-corrected chi connectivity index (χ3v) is 5.34. The lowest BCUT2D eigenvalue weighted by molar-refractivity contribution is 0.0420. The molecule has 0 spiro atoms. The van der Waals surface area contributed by atoms with E-state index in [4.69, 9.17) is 14.5 Å². The van der Waals surface area contributed by atoms with Crippen LogP contribution in [0.4, 0.5) is 0 Å². The average molecular weight is 496 g/mol. The molecule has 0 aromatic heterocycles. The van der Waals surface area contributed by atoms with Crippen molar-refractivity contribution in [3.8, 4) is 0 Å². The quantitative estimate of drug-likeness (QED) is 0.223. The van der Waals surface area contributed by atoms with Crippen LogP contribution in [-0.4, -0.2) is 75.0 Å². The molecule has 0 aliphatic carbocycles. The number of halogens is 1. The minimum atomic E-state index is 0. The predicted molar refractivity (Wildman–Crippen MR) is 123 cm³/mol. The monoisotopic (exact) mass is 496 g/mol. The molecule has 2 rings (SSSR count). The summed E-state index contributed by atoms with van der Waals surface area (Å²) in [7, 11) is 0. The van der Waals surface area contributed by atoms with Gasteiger partial charge < -0.3 is 20.1 Å². The first-order chi connectivity index (χ1) is 12.5. The van der Waals surface area contributed by atoms with Crippen molar-refractivity contribution >= 4 is 29.9 Å². The van der Waals surface area contributed by atoms with Crippen molar-refractivity contribution in [3.63, 3.8) is 0 Å². The second-order valence-corrected chi connectivity index (χ2v) is 8.34. The van der Waals surface area contributed by atoms with Crippen molar-refractivity contribution in [1.29, 1.82) is 0 Å². The summed E-state index contributed by atoms with van der Waals surface area (Å²) in [6, 6.07) is 0. The van der Waals surface area contributed by atoms with Crippen molar-refractivity contribution in [1.82, 2.24) is 15.5 Å². The molecule has 0 radical (unpaired) electrons. The third kappa shape index (κ3) is 9.28. The van der Waals surface area contributed by atoms with Gasteiger partial charge in [-0.2, -0.15) is 0 Å². The lowest BCUT2D eigenvalue weighted by atomic mass is 9.94. The second kappa shape index (κ2) is 13.2. The molecule has 0 bridgehead atoms. The van der Waals surface area contributed by atoms with E-state index >= 15 is 0 Å². The van der Waals surface area contributed by atoms with Crippen molar-refractivity contribution in [3.05, 3.63) is 0 Å². The number of nitrogens with one attached hydrogen (secondary N) is 2. The largest absolute Gasteiger partial charge is 0.379 e. The fraction of sp³-hybridized carbons (Fsp3) is 0.950. The van der Waals surface area contributed by atoms with E-state index in [1.165, 1.54) is 25.9 Å². The van der Waals surface area contributed by atoms with E-state index in [-0.39, 0.29) is 29.5 Å². The zero-order valence-corrected chi connectivity index (χ0v) is 20.1. The molecule has 2 aliphatic heterocycles. The third-order valence-electron chi connectivity index (χ3n) is 5.34. The van der Waals surface area contributed by atoms with Gasteiger partial charge in [-0.05, 0) is 58.9 Å². The number of piperidine rings is 1. The Morgan fingerprint density at radius 1 is 1.30 bits per heavy atom. The number of hydrogen-bond acceptors (Lipinski definition) is 4. The maximum Gasteiger partial charge on any atom is 0.191 e. The van der Waals surface area contributed by atoms with Crippen LogP contribution < -0.4 is 10.6 Å². The van der Waals surface area contributed by atoms with Gasteiger partial charge in [-0.1, -0.05) is 6.92 Å². The normalized spacial score (nSPS) is 24.5. The summed E-state index contributed by atoms with van der Waals surface area (Å²) in [6.45, 7) is 16.4. The van der Waals surface area contributed by atoms with Crippen molar-refractivity contribution in [2.75, 3.05) is 52.5 Å². The van der Waals surface area contributed by atoms with Crippen LogP contribution in [0.15, 0.2) is 4.99 Å². The minimum absolute atomic E-state index is 0. The Kier molecular flexibility index (Phi) is 12.2. The molecule has 2 aliphatic rings. The maximum absolute atomic E-state index is 5.82. The average Bonchev–Trinajstić information content (AvgIpc) is 3.13. The van der Waals surface area contributed by atoms with Crippen LogP contribution in [-0.2, 0) is 9.47 Å². The Morgan fingerprint density at radius 3 is 2.78 bits per heavy atom. The predicted octanol–water partition coefficient (Wildman–Crippen LogP) is 2.87. The van der Waals surface area contributed by atoms with Crippen molar-refractivity contribution in [2.24, 2.45) is 10.9 Å². The van der Waals surface area contributed by atoms with Crippen molar-refractivity contribution in [2.45, 2.75) is 65.0 Å². The molecule has 2 atom stereocenters. The Bertz CT molecular complexity index is 428. The first-order valence-corrected chi connectivity index (χ1v) is 10.5. The highest BCUT2D eigenvalue weighted by Crippen LogP contribution is 2.24. The highest BCUT2D eigenvalue weighted by Gasteiger charge is 2.30. The molecule has 7 heteroatoms. The van der Waals surface area contributed by atoms with E-state index in [1.54, 1.807) is 0 Å². The smallest absolute Gasteiger partial charge is 0.191 e. The Labute approximate surface area is 183 Å². The van der Waals surface area contributed by atoms with Gasteiger partial charge in [0, 0.05) is 38.4 Å². The molecule has 2 fully saturated rings. The molecule has 0 amide bonds.